The van der Waals surface area contributed by atoms with E-state index in [1.54, 1.807) is 0 Å². The molecule has 6 unspecified atom stereocenters. The number of rotatable bonds is 15. The van der Waals surface area contributed by atoms with E-state index in [2.05, 4.69) is 9.47 Å². The van der Waals surface area contributed by atoms with Crippen LogP contribution in [0.4, 0.5) is 0 Å². The summed E-state index contributed by atoms with van der Waals surface area (Å²) in [7, 11) is 0. The van der Waals surface area contributed by atoms with Gasteiger partial charge in [0.25, 0.3) is 0 Å². The molecule has 0 aliphatic carbocycles. The molecular weight excluding hydrogens is 794 g/mol. The zero-order valence-corrected chi connectivity index (χ0v) is 41.8. The number of aliphatic carboxylic acids is 6. The van der Waals surface area contributed by atoms with E-state index in [1.807, 2.05) is 0 Å². The third-order valence-corrected chi connectivity index (χ3v) is 3.91. The smallest absolute Gasteiger partial charge is 1.00 e. The first-order valence-corrected chi connectivity index (χ1v) is 10.9. The van der Waals surface area contributed by atoms with E-state index in [0.29, 0.717) is 0 Å². The molecule has 24 nitrogen and oxygen atoms in total. The second-order valence-electron chi connectivity index (χ2n) is 7.40. The van der Waals surface area contributed by atoms with Crippen molar-refractivity contribution in [1.82, 2.24) is 0 Å². The van der Waals surface area contributed by atoms with E-state index in [1.165, 1.54) is 0 Å². The molecule has 0 saturated heterocycles. The van der Waals surface area contributed by atoms with E-state index >= 15 is 0 Å². The van der Waals surface area contributed by atoms with Gasteiger partial charge < -0.3 is 79.3 Å². The minimum atomic E-state index is -2.57. The van der Waals surface area contributed by atoms with Gasteiger partial charge in [0.1, 0.15) is 0 Å². The number of carbonyl (C=O) groups excluding carboxylic acids is 4. The van der Waals surface area contributed by atoms with Gasteiger partial charge >= 0.3 is 281 Å². The first kappa shape index (κ1) is 73.3. The molecule has 0 fully saturated rings. The Morgan fingerprint density at radius 2 is 0.560 bits per heavy atom. The predicted octanol–water partition coefficient (Wildman–Crippen LogP) is -24.0. The molecule has 0 radical (unpaired) electrons. The Bertz CT molecular complexity index is 1020. The van der Waals surface area contributed by atoms with Gasteiger partial charge in [0.15, 0.2) is 36.6 Å². The molecule has 0 aliphatic rings. The molecule has 0 rings (SSSR count). The van der Waals surface area contributed by atoms with Gasteiger partial charge in [-0.15, -0.1) is 0 Å². The minimum Gasteiger partial charge on any atom is -1.00 e. The van der Waals surface area contributed by atoms with Crippen molar-refractivity contribution in [3.8, 4) is 0 Å². The molecule has 0 aromatic rings. The number of aliphatic hydroxyl groups is 6. The van der Waals surface area contributed by atoms with E-state index in [0.717, 1.165) is 0 Å². The average molecular weight is 827 g/mol. The number of carboxylic acid groups (broad SMARTS) is 6. The maximum Gasteiger partial charge on any atom is 1.00 e. The Morgan fingerprint density at radius 1 is 0.380 bits per heavy atom. The van der Waals surface area contributed by atoms with Crippen molar-refractivity contribution in [2.24, 2.45) is 0 Å². The van der Waals surface area contributed by atoms with Gasteiger partial charge in [-0.3, -0.25) is 19.2 Å². The van der Waals surface area contributed by atoms with Crippen LogP contribution in [0.3, 0.4) is 0 Å². The molecule has 0 amide bonds. The van der Waals surface area contributed by atoms with Crippen molar-refractivity contribution in [3.05, 3.63) is 0 Å². The SMILES string of the molecule is O=C(O)C(O)C(O)C(=O)O.O=C(O)C(O)C(O)C(=O)O.O=C(O)CCC(=O)OC(=O)C(O)C(O)C(=O)OC(=O)CCC(=O)O.[H-].[H-].[H-].[H-].[H-].[H-].[K+].[K+].[Na+].[Na+].[Na+].[Na+]. The molecule has 50 heavy (non-hydrogen) atoms. The largest absolute Gasteiger partial charge is 1.00 e. The maximum atomic E-state index is 11.3. The Hall–Kier alpha value is 2.13. The Morgan fingerprint density at radius 3 is 0.700 bits per heavy atom. The molecule has 30 heteroatoms. The van der Waals surface area contributed by atoms with Crippen molar-refractivity contribution in [2.45, 2.75) is 62.3 Å². The molecule has 12 N–H and O–H groups in total. The summed E-state index contributed by atoms with van der Waals surface area (Å²) in [5.41, 5.74) is 0. The second-order valence-corrected chi connectivity index (χ2v) is 7.40. The van der Waals surface area contributed by atoms with Gasteiger partial charge in [-0.1, -0.05) is 0 Å². The number of carbonyl (C=O) groups is 10. The molecule has 0 spiro atoms. The Kier molecular flexibility index (Phi) is 59.8. The number of aliphatic hydroxyl groups excluding tert-OH is 6. The molecule has 6 atom stereocenters. The van der Waals surface area contributed by atoms with Gasteiger partial charge in [0, 0.05) is 0 Å². The minimum absolute atomic E-state index is 0. The summed E-state index contributed by atoms with van der Waals surface area (Å²) in [6.07, 6.45) is -16.9. The van der Waals surface area contributed by atoms with Crippen LogP contribution < -0.4 is 221 Å². The van der Waals surface area contributed by atoms with Crippen molar-refractivity contribution >= 4 is 59.7 Å². The molecule has 0 bridgehead atoms. The summed E-state index contributed by atoms with van der Waals surface area (Å²) >= 11 is 0. The quantitative estimate of drug-likeness (QED) is 0.0414. The summed E-state index contributed by atoms with van der Waals surface area (Å²) in [6, 6.07) is 0. The maximum absolute atomic E-state index is 11.3. The topological polar surface area (TPSA) is 432 Å². The van der Waals surface area contributed by atoms with Crippen LogP contribution in [0.1, 0.15) is 34.2 Å². The fourth-order valence-corrected chi connectivity index (χ4v) is 1.66. The molecule has 0 aliphatic heterocycles. The van der Waals surface area contributed by atoms with Crippen LogP contribution in [-0.4, -0.2) is 158 Å². The number of hydrogen-bond acceptors (Lipinski definition) is 18. The molecule has 0 aromatic heterocycles. The monoisotopic (exact) mass is 826 g/mol. The van der Waals surface area contributed by atoms with Crippen LogP contribution in [0.2, 0.25) is 0 Å². The van der Waals surface area contributed by atoms with Gasteiger partial charge in [0.2, 0.25) is 0 Å². The van der Waals surface area contributed by atoms with E-state index < -0.39 is 122 Å². The fourth-order valence-electron chi connectivity index (χ4n) is 1.66. The van der Waals surface area contributed by atoms with Crippen LogP contribution in [0, 0.1) is 0 Å². The molecule has 0 heterocycles. The van der Waals surface area contributed by atoms with Crippen molar-refractivity contribution in [1.29, 1.82) is 0 Å². The number of esters is 4. The zero-order valence-electron chi connectivity index (χ0n) is 33.6. The first-order chi connectivity index (χ1) is 20.0. The van der Waals surface area contributed by atoms with Crippen LogP contribution in [0.25, 0.3) is 0 Å². The zero-order chi connectivity index (χ0) is 35.5. The second kappa shape index (κ2) is 40.8. The molecule has 0 aromatic carbocycles. The van der Waals surface area contributed by atoms with Crippen molar-refractivity contribution in [3.63, 3.8) is 0 Å². The van der Waals surface area contributed by atoms with E-state index in [-0.39, 0.29) is 230 Å². The number of ether oxygens (including phenoxy) is 2. The van der Waals surface area contributed by atoms with Crippen LogP contribution in [0.15, 0.2) is 0 Å². The van der Waals surface area contributed by atoms with Gasteiger partial charge in [0.05, 0.1) is 25.7 Å². The van der Waals surface area contributed by atoms with Crippen LogP contribution in [0.5, 0.6) is 0 Å². The summed E-state index contributed by atoms with van der Waals surface area (Å²) in [5, 5.41) is 100. The molecule has 0 saturated carbocycles. The third-order valence-electron chi connectivity index (χ3n) is 3.91. The standard InChI is InChI=1S/C12H14O12.2C4H6O6.2K.4Na.6H/c13-5(14)1-3-7(17)23-11(21)9(19)10(20)12(22)24-8(18)4-2-6(15)16;2*5-1(3(7)8)2(6)4(9)10;;;;;;;;;;;;/h9-10,19-20H,1-4H2,(H,13,14)(H,15,16);2*1-2,5-6H,(H,7,8)(H,9,10);;;;;;;;;;;;/q;;;6*+1;6*-1. The third kappa shape index (κ3) is 38.4. The number of hydrogen-bond donors (Lipinski definition) is 12. The first-order valence-electron chi connectivity index (χ1n) is 10.9. The number of carboxylic acids is 6. The van der Waals surface area contributed by atoms with Gasteiger partial charge in [-0.25, -0.2) is 28.8 Å². The molecular formula is C20H32K2Na4O24. The van der Waals surface area contributed by atoms with Crippen molar-refractivity contribution in [2.75, 3.05) is 0 Å². The van der Waals surface area contributed by atoms with E-state index in [4.69, 9.17) is 51.1 Å². The summed E-state index contributed by atoms with van der Waals surface area (Å²) < 4.78 is 7.99. The van der Waals surface area contributed by atoms with E-state index in [9.17, 15) is 58.2 Å². The van der Waals surface area contributed by atoms with Gasteiger partial charge in [-0.2, -0.15) is 0 Å². The fraction of sp³-hybridized carbons (Fsp3) is 0.500. The average Bonchev–Trinajstić information content (AvgIpc) is 2.92. The van der Waals surface area contributed by atoms with Crippen LogP contribution >= 0.6 is 0 Å². The molecule has 262 valence electrons. The summed E-state index contributed by atoms with van der Waals surface area (Å²) in [6.45, 7) is 0. The summed E-state index contributed by atoms with van der Waals surface area (Å²) in [5.74, 6) is -15.9. The van der Waals surface area contributed by atoms with Gasteiger partial charge in [-0.05, 0) is 0 Å². The normalized spacial score (nSPS) is 12.4. The Labute approximate surface area is 461 Å². The summed E-state index contributed by atoms with van der Waals surface area (Å²) in [4.78, 5) is 104. The van der Waals surface area contributed by atoms with Crippen LogP contribution in [-0.2, 0) is 57.4 Å². The van der Waals surface area contributed by atoms with Crippen molar-refractivity contribution < 1.29 is 348 Å². The Balaban J connectivity index is -0.0000000350. The predicted molar refractivity (Wildman–Crippen MR) is 129 cm³/mol.